The van der Waals surface area contributed by atoms with Crippen molar-refractivity contribution in [1.29, 1.82) is 0 Å². The summed E-state index contributed by atoms with van der Waals surface area (Å²) < 4.78 is 26.1. The van der Waals surface area contributed by atoms with Gasteiger partial charge < -0.3 is 5.73 Å². The summed E-state index contributed by atoms with van der Waals surface area (Å²) in [6, 6.07) is 4.78. The topological polar surface area (TPSA) is 72.2 Å². The molecule has 3 N–H and O–H groups in total. The zero-order chi connectivity index (χ0) is 13.1. The minimum Gasteiger partial charge on any atom is -0.398 e. The Morgan fingerprint density at radius 1 is 1.41 bits per heavy atom. The van der Waals surface area contributed by atoms with Gasteiger partial charge in [-0.2, -0.15) is 0 Å². The molecule has 4 nitrogen and oxygen atoms in total. The van der Waals surface area contributed by atoms with E-state index in [1.54, 1.807) is 30.8 Å². The molecule has 0 aliphatic heterocycles. The van der Waals surface area contributed by atoms with E-state index in [0.29, 0.717) is 17.5 Å². The summed E-state index contributed by atoms with van der Waals surface area (Å²) in [5.41, 5.74) is 6.43. The predicted octanol–water partition coefficient (Wildman–Crippen LogP) is 2.07. The molecule has 1 aromatic rings. The van der Waals surface area contributed by atoms with Crippen LogP contribution in [0.5, 0.6) is 0 Å². The first-order valence-electron chi connectivity index (χ1n) is 5.42. The number of rotatable bonds is 5. The van der Waals surface area contributed by atoms with E-state index in [1.807, 2.05) is 13.8 Å². The fourth-order valence-corrected chi connectivity index (χ4v) is 3.36. The summed E-state index contributed by atoms with van der Waals surface area (Å²) in [7, 11) is -3.40. The molecule has 0 amide bonds. The Balaban J connectivity index is 3.12. The molecule has 0 saturated carbocycles. The zero-order valence-corrected chi connectivity index (χ0v) is 11.9. The smallest absolute Gasteiger partial charge is 0.240 e. The molecule has 0 saturated heterocycles. The summed E-state index contributed by atoms with van der Waals surface area (Å²) in [6.07, 6.45) is 0. The second-order valence-electron chi connectivity index (χ2n) is 3.87. The highest BCUT2D eigenvalue weighted by Gasteiger charge is 2.14. The molecule has 0 unspecified atom stereocenters. The van der Waals surface area contributed by atoms with Crippen molar-refractivity contribution in [1.82, 2.24) is 4.72 Å². The number of hydrogen-bond acceptors (Lipinski definition) is 4. The van der Waals surface area contributed by atoms with Crippen molar-refractivity contribution < 1.29 is 8.42 Å². The quantitative estimate of drug-likeness (QED) is 0.637. The lowest BCUT2D eigenvalue weighted by Crippen LogP contribution is -2.23. The van der Waals surface area contributed by atoms with Crippen LogP contribution in [0.15, 0.2) is 28.0 Å². The van der Waals surface area contributed by atoms with Crippen LogP contribution in [0.2, 0.25) is 0 Å². The number of hydrogen-bond donors (Lipinski definition) is 2. The Morgan fingerprint density at radius 3 is 2.59 bits per heavy atom. The molecule has 0 aliphatic carbocycles. The molecule has 17 heavy (non-hydrogen) atoms. The lowest BCUT2D eigenvalue weighted by atomic mass is 10.3. The number of benzene rings is 1. The van der Waals surface area contributed by atoms with Crippen LogP contribution in [0.25, 0.3) is 0 Å². The van der Waals surface area contributed by atoms with Gasteiger partial charge in [-0.3, -0.25) is 0 Å². The van der Waals surface area contributed by atoms with Crippen LogP contribution in [0.4, 0.5) is 5.69 Å². The average molecular weight is 274 g/mol. The monoisotopic (exact) mass is 274 g/mol. The standard InChI is InChI=1S/C11H18N2O2S2/c1-4-13-17(14,15)9-5-6-10(12)11(7-9)16-8(2)3/h5-8,13H,4,12H2,1-3H3. The fourth-order valence-electron chi connectivity index (χ4n) is 1.31. The van der Waals surface area contributed by atoms with Gasteiger partial charge in [0.1, 0.15) is 0 Å². The van der Waals surface area contributed by atoms with Gasteiger partial charge in [-0.15, -0.1) is 11.8 Å². The number of anilines is 1. The third-order valence-electron chi connectivity index (χ3n) is 1.99. The molecular weight excluding hydrogens is 256 g/mol. The molecular formula is C11H18N2O2S2. The number of thioether (sulfide) groups is 1. The highest BCUT2D eigenvalue weighted by molar-refractivity contribution is 8.00. The number of sulfonamides is 1. The second-order valence-corrected chi connectivity index (χ2v) is 7.25. The molecule has 0 heterocycles. The normalized spacial score (nSPS) is 12.0. The maximum Gasteiger partial charge on any atom is 0.240 e. The van der Waals surface area contributed by atoms with Crippen LogP contribution in [-0.4, -0.2) is 20.2 Å². The SMILES string of the molecule is CCNS(=O)(=O)c1ccc(N)c(SC(C)C)c1. The number of nitrogens with two attached hydrogens (primary N) is 1. The molecule has 0 aliphatic rings. The maximum absolute atomic E-state index is 11.8. The number of nitrogen functional groups attached to an aromatic ring is 1. The Kier molecular flexibility index (Phi) is 4.85. The lowest BCUT2D eigenvalue weighted by molar-refractivity contribution is 0.583. The molecule has 0 bridgehead atoms. The minimum absolute atomic E-state index is 0.261. The molecule has 1 aromatic carbocycles. The van der Waals surface area contributed by atoms with Gasteiger partial charge in [0.25, 0.3) is 0 Å². The van der Waals surface area contributed by atoms with Crippen molar-refractivity contribution in [2.75, 3.05) is 12.3 Å². The predicted molar refractivity (Wildman–Crippen MR) is 72.7 cm³/mol. The molecule has 0 atom stereocenters. The first kappa shape index (κ1) is 14.3. The fraction of sp³-hybridized carbons (Fsp3) is 0.455. The molecule has 0 radical (unpaired) electrons. The van der Waals surface area contributed by atoms with E-state index in [1.165, 1.54) is 6.07 Å². The third kappa shape index (κ3) is 3.90. The van der Waals surface area contributed by atoms with E-state index >= 15 is 0 Å². The van der Waals surface area contributed by atoms with Gasteiger partial charge in [0.05, 0.1) is 4.90 Å². The van der Waals surface area contributed by atoms with Crippen LogP contribution in [0.3, 0.4) is 0 Å². The highest BCUT2D eigenvalue weighted by atomic mass is 32.2. The Morgan fingerprint density at radius 2 is 2.06 bits per heavy atom. The Bertz CT molecular complexity index is 484. The van der Waals surface area contributed by atoms with Crippen molar-refractivity contribution in [2.45, 2.75) is 35.8 Å². The van der Waals surface area contributed by atoms with E-state index in [4.69, 9.17) is 5.73 Å². The summed E-state index contributed by atoms with van der Waals surface area (Å²) in [6.45, 7) is 6.20. The van der Waals surface area contributed by atoms with Crippen LogP contribution in [0.1, 0.15) is 20.8 Å². The zero-order valence-electron chi connectivity index (χ0n) is 10.2. The second kappa shape index (κ2) is 5.75. The van der Waals surface area contributed by atoms with Gasteiger partial charge in [-0.25, -0.2) is 13.1 Å². The summed E-state index contributed by atoms with van der Waals surface area (Å²) in [4.78, 5) is 1.07. The Hall–Kier alpha value is -0.720. The van der Waals surface area contributed by atoms with E-state index in [0.717, 1.165) is 4.90 Å². The molecule has 6 heteroatoms. The Labute approximate surface area is 107 Å². The van der Waals surface area contributed by atoms with E-state index in [-0.39, 0.29) is 4.90 Å². The van der Waals surface area contributed by atoms with Gasteiger partial charge in [-0.1, -0.05) is 20.8 Å². The molecule has 0 aromatic heterocycles. The van der Waals surface area contributed by atoms with Crippen LogP contribution in [0, 0.1) is 0 Å². The molecule has 1 rings (SSSR count). The summed E-state index contributed by atoms with van der Waals surface area (Å²) in [5, 5.41) is 0.356. The first-order valence-corrected chi connectivity index (χ1v) is 7.79. The van der Waals surface area contributed by atoms with E-state index in [9.17, 15) is 8.42 Å². The van der Waals surface area contributed by atoms with Gasteiger partial charge in [0, 0.05) is 22.4 Å². The van der Waals surface area contributed by atoms with Crippen LogP contribution in [-0.2, 0) is 10.0 Å². The van der Waals surface area contributed by atoms with E-state index in [2.05, 4.69) is 4.72 Å². The van der Waals surface area contributed by atoms with Crippen molar-refractivity contribution >= 4 is 27.5 Å². The molecule has 96 valence electrons. The average Bonchev–Trinajstić information content (AvgIpc) is 2.20. The van der Waals surface area contributed by atoms with Crippen LogP contribution >= 0.6 is 11.8 Å². The first-order chi connectivity index (χ1) is 7.86. The third-order valence-corrected chi connectivity index (χ3v) is 4.61. The number of nitrogens with one attached hydrogen (secondary N) is 1. The van der Waals surface area contributed by atoms with Crippen molar-refractivity contribution in [2.24, 2.45) is 0 Å². The van der Waals surface area contributed by atoms with Gasteiger partial charge in [0.15, 0.2) is 0 Å². The van der Waals surface area contributed by atoms with E-state index < -0.39 is 10.0 Å². The minimum atomic E-state index is -3.40. The van der Waals surface area contributed by atoms with Crippen LogP contribution < -0.4 is 10.5 Å². The van der Waals surface area contributed by atoms with Crippen molar-refractivity contribution in [3.05, 3.63) is 18.2 Å². The largest absolute Gasteiger partial charge is 0.398 e. The highest BCUT2D eigenvalue weighted by Crippen LogP contribution is 2.30. The van der Waals surface area contributed by atoms with Gasteiger partial charge in [0.2, 0.25) is 10.0 Å². The summed E-state index contributed by atoms with van der Waals surface area (Å²) in [5.74, 6) is 0. The van der Waals surface area contributed by atoms with Gasteiger partial charge >= 0.3 is 0 Å². The van der Waals surface area contributed by atoms with Gasteiger partial charge in [-0.05, 0) is 18.2 Å². The summed E-state index contributed by atoms with van der Waals surface area (Å²) >= 11 is 1.56. The molecule has 0 spiro atoms. The van der Waals surface area contributed by atoms with Crippen molar-refractivity contribution in [3.63, 3.8) is 0 Å². The van der Waals surface area contributed by atoms with Crippen molar-refractivity contribution in [3.8, 4) is 0 Å². The molecule has 0 fully saturated rings. The lowest BCUT2D eigenvalue weighted by Gasteiger charge is -2.11. The maximum atomic E-state index is 11.8.